The Morgan fingerprint density at radius 3 is 2.53 bits per heavy atom. The summed E-state index contributed by atoms with van der Waals surface area (Å²) in [5.74, 6) is 0.0918. The molecule has 1 rings (SSSR count). The minimum absolute atomic E-state index is 0.00758. The van der Waals surface area contributed by atoms with Crippen molar-refractivity contribution < 1.29 is 4.79 Å². The van der Waals surface area contributed by atoms with E-state index in [-0.39, 0.29) is 11.9 Å². The molecule has 4 nitrogen and oxygen atoms in total. The number of rotatable bonds is 6. The van der Waals surface area contributed by atoms with Crippen LogP contribution in [0.15, 0.2) is 0 Å². The van der Waals surface area contributed by atoms with Crippen LogP contribution >= 0.6 is 0 Å². The van der Waals surface area contributed by atoms with E-state index < -0.39 is 0 Å². The van der Waals surface area contributed by atoms with E-state index in [1.165, 1.54) is 38.8 Å². The molecule has 0 saturated carbocycles. The fourth-order valence-corrected chi connectivity index (χ4v) is 2.17. The van der Waals surface area contributed by atoms with Crippen LogP contribution in [0.4, 0.5) is 0 Å². The van der Waals surface area contributed by atoms with Gasteiger partial charge in [-0.1, -0.05) is 19.8 Å². The fourth-order valence-electron chi connectivity index (χ4n) is 2.17. The van der Waals surface area contributed by atoms with Crippen LogP contribution in [0.1, 0.15) is 45.4 Å². The van der Waals surface area contributed by atoms with Crippen LogP contribution in [-0.4, -0.2) is 43.0 Å². The molecular weight excluding hydrogens is 214 g/mol. The number of hydrogen-bond donors (Lipinski definition) is 2. The Morgan fingerprint density at radius 2 is 1.94 bits per heavy atom. The molecule has 4 heteroatoms. The summed E-state index contributed by atoms with van der Waals surface area (Å²) in [4.78, 5) is 14.0. The van der Waals surface area contributed by atoms with E-state index in [0.29, 0.717) is 6.42 Å². The highest BCUT2D eigenvalue weighted by Gasteiger charge is 2.10. The second kappa shape index (κ2) is 8.48. The zero-order chi connectivity index (χ0) is 12.5. The molecular formula is C13H27N3O. The smallest absolute Gasteiger partial charge is 0.221 e. The summed E-state index contributed by atoms with van der Waals surface area (Å²) in [6.07, 6.45) is 6.63. The molecule has 0 spiro atoms. The van der Waals surface area contributed by atoms with Crippen molar-refractivity contribution in [3.8, 4) is 0 Å². The van der Waals surface area contributed by atoms with Crippen LogP contribution in [0.3, 0.4) is 0 Å². The number of nitrogens with zero attached hydrogens (tertiary/aromatic N) is 1. The number of amides is 1. The van der Waals surface area contributed by atoms with E-state index in [0.717, 1.165) is 19.5 Å². The Bertz CT molecular complexity index is 213. The molecule has 1 aliphatic heterocycles. The summed E-state index contributed by atoms with van der Waals surface area (Å²) >= 11 is 0. The van der Waals surface area contributed by atoms with Crippen molar-refractivity contribution in [3.63, 3.8) is 0 Å². The summed E-state index contributed by atoms with van der Waals surface area (Å²) in [5, 5.41) is 2.95. The molecule has 1 fully saturated rings. The van der Waals surface area contributed by atoms with Crippen molar-refractivity contribution in [2.24, 2.45) is 5.73 Å². The first-order valence-electron chi connectivity index (χ1n) is 6.97. The lowest BCUT2D eigenvalue weighted by Crippen LogP contribution is -2.37. The Hall–Kier alpha value is -0.610. The Morgan fingerprint density at radius 1 is 1.29 bits per heavy atom. The van der Waals surface area contributed by atoms with Crippen molar-refractivity contribution in [2.75, 3.05) is 26.2 Å². The lowest BCUT2D eigenvalue weighted by atomic mass is 10.1. The summed E-state index contributed by atoms with van der Waals surface area (Å²) in [7, 11) is 0. The summed E-state index contributed by atoms with van der Waals surface area (Å²) < 4.78 is 0. The van der Waals surface area contributed by atoms with Crippen molar-refractivity contribution in [1.29, 1.82) is 0 Å². The van der Waals surface area contributed by atoms with Gasteiger partial charge in [0.25, 0.3) is 0 Å². The van der Waals surface area contributed by atoms with Crippen LogP contribution in [0.25, 0.3) is 0 Å². The number of likely N-dealkylation sites (tertiary alicyclic amines) is 1. The maximum atomic E-state index is 11.5. The van der Waals surface area contributed by atoms with Crippen molar-refractivity contribution in [2.45, 2.75) is 51.5 Å². The zero-order valence-electron chi connectivity index (χ0n) is 11.1. The molecule has 1 heterocycles. The predicted octanol–water partition coefficient (Wildman–Crippen LogP) is 1.11. The monoisotopic (exact) mass is 241 g/mol. The third-order valence-electron chi connectivity index (χ3n) is 3.42. The first-order chi connectivity index (χ1) is 8.22. The highest BCUT2D eigenvalue weighted by molar-refractivity contribution is 5.76. The Labute approximate surface area is 105 Å². The number of carbonyl (C=O) groups is 1. The van der Waals surface area contributed by atoms with Crippen LogP contribution in [0, 0.1) is 0 Å². The predicted molar refractivity (Wildman–Crippen MR) is 70.8 cm³/mol. The molecule has 0 aliphatic carbocycles. The van der Waals surface area contributed by atoms with Gasteiger partial charge in [-0.15, -0.1) is 0 Å². The quantitative estimate of drug-likeness (QED) is 0.732. The highest BCUT2D eigenvalue weighted by Crippen LogP contribution is 2.08. The zero-order valence-corrected chi connectivity index (χ0v) is 11.1. The standard InChI is InChI=1S/C13H27N3O/c1-2-12(14)11-13(17)15-7-10-16-8-5-3-4-6-9-16/h12H,2-11,14H2,1H3,(H,15,17). The van der Waals surface area contributed by atoms with E-state index in [1.807, 2.05) is 6.92 Å². The normalized spacial score (nSPS) is 19.6. The van der Waals surface area contributed by atoms with Gasteiger partial charge in [0.1, 0.15) is 0 Å². The van der Waals surface area contributed by atoms with Crippen LogP contribution < -0.4 is 11.1 Å². The lowest BCUT2D eigenvalue weighted by Gasteiger charge is -2.20. The number of nitrogens with two attached hydrogens (primary N) is 1. The molecule has 0 aromatic heterocycles. The van der Waals surface area contributed by atoms with Gasteiger partial charge in [-0.3, -0.25) is 4.79 Å². The van der Waals surface area contributed by atoms with E-state index in [2.05, 4.69) is 10.2 Å². The van der Waals surface area contributed by atoms with E-state index in [1.54, 1.807) is 0 Å². The van der Waals surface area contributed by atoms with Crippen molar-refractivity contribution >= 4 is 5.91 Å². The van der Waals surface area contributed by atoms with E-state index in [9.17, 15) is 4.79 Å². The van der Waals surface area contributed by atoms with Gasteiger partial charge in [-0.25, -0.2) is 0 Å². The van der Waals surface area contributed by atoms with Gasteiger partial charge < -0.3 is 16.0 Å². The molecule has 1 atom stereocenters. The SMILES string of the molecule is CCC(N)CC(=O)NCCN1CCCCCC1. The minimum atomic E-state index is 0.00758. The number of nitrogens with one attached hydrogen (secondary N) is 1. The van der Waals surface area contributed by atoms with Crippen LogP contribution in [0.2, 0.25) is 0 Å². The topological polar surface area (TPSA) is 58.4 Å². The Kier molecular flexibility index (Phi) is 7.21. The van der Waals surface area contributed by atoms with Gasteiger partial charge in [-0.2, -0.15) is 0 Å². The fraction of sp³-hybridized carbons (Fsp3) is 0.923. The summed E-state index contributed by atoms with van der Waals surface area (Å²) in [6, 6.07) is 0.00758. The molecule has 17 heavy (non-hydrogen) atoms. The summed E-state index contributed by atoms with van der Waals surface area (Å²) in [6.45, 7) is 6.12. The maximum absolute atomic E-state index is 11.5. The third-order valence-corrected chi connectivity index (χ3v) is 3.42. The van der Waals surface area contributed by atoms with Crippen molar-refractivity contribution in [1.82, 2.24) is 10.2 Å². The van der Waals surface area contributed by atoms with Gasteiger partial charge in [0.2, 0.25) is 5.91 Å². The second-order valence-electron chi connectivity index (χ2n) is 4.98. The first-order valence-corrected chi connectivity index (χ1v) is 6.97. The van der Waals surface area contributed by atoms with Gasteiger partial charge in [0.15, 0.2) is 0 Å². The molecule has 0 radical (unpaired) electrons. The largest absolute Gasteiger partial charge is 0.355 e. The van der Waals surface area contributed by atoms with E-state index in [4.69, 9.17) is 5.73 Å². The molecule has 1 aliphatic rings. The average molecular weight is 241 g/mol. The van der Waals surface area contributed by atoms with Crippen LogP contribution in [0.5, 0.6) is 0 Å². The number of carbonyl (C=O) groups excluding carboxylic acids is 1. The lowest BCUT2D eigenvalue weighted by molar-refractivity contribution is -0.121. The second-order valence-corrected chi connectivity index (χ2v) is 4.98. The van der Waals surface area contributed by atoms with E-state index >= 15 is 0 Å². The minimum Gasteiger partial charge on any atom is -0.355 e. The molecule has 0 bridgehead atoms. The molecule has 100 valence electrons. The van der Waals surface area contributed by atoms with Gasteiger partial charge >= 0.3 is 0 Å². The molecule has 3 N–H and O–H groups in total. The third kappa shape index (κ3) is 6.64. The Balaban J connectivity index is 2.07. The number of hydrogen-bond acceptors (Lipinski definition) is 3. The molecule has 1 unspecified atom stereocenters. The average Bonchev–Trinajstić information content (AvgIpc) is 2.57. The highest BCUT2D eigenvalue weighted by atomic mass is 16.1. The van der Waals surface area contributed by atoms with Gasteiger partial charge in [0.05, 0.1) is 0 Å². The molecule has 0 aromatic rings. The first kappa shape index (κ1) is 14.5. The van der Waals surface area contributed by atoms with Crippen LogP contribution in [-0.2, 0) is 4.79 Å². The molecule has 0 aromatic carbocycles. The maximum Gasteiger partial charge on any atom is 0.221 e. The molecule has 1 saturated heterocycles. The van der Waals surface area contributed by atoms with Crippen molar-refractivity contribution in [3.05, 3.63) is 0 Å². The van der Waals surface area contributed by atoms with Gasteiger partial charge in [0, 0.05) is 25.6 Å². The van der Waals surface area contributed by atoms with Gasteiger partial charge in [-0.05, 0) is 32.4 Å². The molecule has 1 amide bonds. The summed E-state index contributed by atoms with van der Waals surface area (Å²) in [5.41, 5.74) is 5.74.